The van der Waals surface area contributed by atoms with Crippen molar-refractivity contribution in [2.75, 3.05) is 23.4 Å². The largest absolute Gasteiger partial charge is 0.477 e. The van der Waals surface area contributed by atoms with E-state index in [-0.39, 0.29) is 19.1 Å². The molecule has 8 nitrogen and oxygen atoms in total. The Morgan fingerprint density at radius 1 is 1.19 bits per heavy atom. The van der Waals surface area contributed by atoms with E-state index in [4.69, 9.17) is 11.6 Å². The van der Waals surface area contributed by atoms with Crippen LogP contribution in [0.3, 0.4) is 0 Å². The van der Waals surface area contributed by atoms with Gasteiger partial charge in [-0.25, -0.2) is 22.4 Å². The minimum Gasteiger partial charge on any atom is -0.477 e. The van der Waals surface area contributed by atoms with Crippen LogP contribution in [0, 0.1) is 23.3 Å². The van der Waals surface area contributed by atoms with Crippen LogP contribution in [0.4, 0.5) is 28.9 Å². The first kappa shape index (κ1) is 21.6. The molecule has 0 aliphatic carbocycles. The number of anilines is 2. The second kappa shape index (κ2) is 7.80. The summed E-state index contributed by atoms with van der Waals surface area (Å²) in [6.45, 7) is 0.304. The van der Waals surface area contributed by atoms with Gasteiger partial charge in [-0.05, 0) is 18.6 Å². The number of benzene rings is 2. The van der Waals surface area contributed by atoms with Crippen molar-refractivity contribution in [2.45, 2.75) is 12.5 Å². The van der Waals surface area contributed by atoms with E-state index in [0.717, 1.165) is 16.7 Å². The summed E-state index contributed by atoms with van der Waals surface area (Å²) in [5, 5.41) is 8.70. The van der Waals surface area contributed by atoms with Gasteiger partial charge in [0.15, 0.2) is 11.6 Å². The lowest BCUT2D eigenvalue weighted by Crippen LogP contribution is -2.29. The molecule has 1 fully saturated rings. The molecule has 3 aromatic rings. The van der Waals surface area contributed by atoms with E-state index in [0.29, 0.717) is 18.7 Å². The van der Waals surface area contributed by atoms with Crippen LogP contribution in [-0.4, -0.2) is 34.8 Å². The number of fused-ring (bicyclic) bond motifs is 1. The van der Waals surface area contributed by atoms with Crippen molar-refractivity contribution in [3.63, 3.8) is 0 Å². The average molecular weight is 451 g/mol. The molecule has 0 bridgehead atoms. The van der Waals surface area contributed by atoms with Crippen molar-refractivity contribution in [3.8, 4) is 5.69 Å². The zero-order valence-corrected chi connectivity index (χ0v) is 16.3. The first-order valence-electron chi connectivity index (χ1n) is 9.41. The van der Waals surface area contributed by atoms with E-state index < -0.39 is 68.2 Å². The number of pyridine rings is 1. The zero-order chi connectivity index (χ0) is 23.3. The van der Waals surface area contributed by atoms with E-state index in [9.17, 15) is 23.5 Å². The van der Waals surface area contributed by atoms with Crippen molar-refractivity contribution >= 4 is 28.2 Å². The first-order valence-corrected chi connectivity index (χ1v) is 9.41. The summed E-state index contributed by atoms with van der Waals surface area (Å²) >= 11 is 0. The van der Waals surface area contributed by atoms with E-state index in [2.05, 4.69) is 0 Å². The molecule has 2 aromatic carbocycles. The van der Waals surface area contributed by atoms with E-state index in [1.54, 1.807) is 0 Å². The van der Waals surface area contributed by atoms with Gasteiger partial charge in [-0.3, -0.25) is 10.6 Å². The van der Waals surface area contributed by atoms with E-state index >= 15 is 8.78 Å². The smallest absolute Gasteiger partial charge is 0.341 e. The summed E-state index contributed by atoms with van der Waals surface area (Å²) < 4.78 is 59.9. The number of carboxylic acid groups (broad SMARTS) is 1. The molecule has 4 rings (SSSR count). The van der Waals surface area contributed by atoms with Crippen LogP contribution in [0.5, 0.6) is 0 Å². The third-order valence-electron chi connectivity index (χ3n) is 5.39. The highest BCUT2D eigenvalue weighted by Crippen LogP contribution is 2.38. The Labute approximate surface area is 177 Å². The van der Waals surface area contributed by atoms with E-state index in [1.165, 1.54) is 4.90 Å². The molecule has 0 saturated carbocycles. The number of nitrogens with one attached hydrogen (secondary N) is 1. The number of carboxylic acids is 1. The average Bonchev–Trinajstić information content (AvgIpc) is 3.14. The fourth-order valence-corrected chi connectivity index (χ4v) is 3.92. The molecule has 6 N–H and O–H groups in total. The van der Waals surface area contributed by atoms with Crippen molar-refractivity contribution in [2.24, 2.45) is 11.6 Å². The molecule has 12 heteroatoms. The summed E-state index contributed by atoms with van der Waals surface area (Å²) in [6, 6.07) is 1.95. The highest BCUT2D eigenvalue weighted by molar-refractivity contribution is 6.01. The van der Waals surface area contributed by atoms with Crippen LogP contribution in [0.25, 0.3) is 16.6 Å². The molecule has 1 aromatic heterocycles. The third-order valence-corrected chi connectivity index (χ3v) is 5.39. The fraction of sp³-hybridized carbons (Fsp3) is 0.200. The van der Waals surface area contributed by atoms with Crippen molar-refractivity contribution in [1.82, 2.24) is 4.57 Å². The number of rotatable bonds is 4. The van der Waals surface area contributed by atoms with Gasteiger partial charge in [0.25, 0.3) is 0 Å². The molecule has 0 spiro atoms. The van der Waals surface area contributed by atoms with Gasteiger partial charge in [-0.15, -0.1) is 0 Å². The van der Waals surface area contributed by atoms with Gasteiger partial charge in [-0.1, -0.05) is 0 Å². The van der Waals surface area contributed by atoms with Crippen LogP contribution in [-0.2, 0) is 0 Å². The van der Waals surface area contributed by atoms with Crippen molar-refractivity contribution < 1.29 is 27.5 Å². The summed E-state index contributed by atoms with van der Waals surface area (Å²) in [4.78, 5) is 25.8. The number of nitrogens with zero attached hydrogens (tertiary/aromatic N) is 2. The van der Waals surface area contributed by atoms with Crippen LogP contribution in [0.1, 0.15) is 16.8 Å². The zero-order valence-electron chi connectivity index (χ0n) is 16.3. The molecule has 1 atom stereocenters. The summed E-state index contributed by atoms with van der Waals surface area (Å²) in [7, 11) is 0. The van der Waals surface area contributed by atoms with Gasteiger partial charge in [0.05, 0.1) is 16.6 Å². The van der Waals surface area contributed by atoms with Crippen molar-refractivity contribution in [1.29, 1.82) is 0 Å². The monoisotopic (exact) mass is 451 g/mol. The second-order valence-corrected chi connectivity index (χ2v) is 7.36. The summed E-state index contributed by atoms with van der Waals surface area (Å²) in [5.41, 5.74) is 3.39. The maximum absolute atomic E-state index is 15.8. The second-order valence-electron chi connectivity index (χ2n) is 7.36. The Bertz CT molecular complexity index is 1330. The number of hydrazine groups is 1. The highest BCUT2D eigenvalue weighted by atomic mass is 19.1. The molecule has 168 valence electrons. The van der Waals surface area contributed by atoms with Crippen LogP contribution in [0.2, 0.25) is 0 Å². The first-order chi connectivity index (χ1) is 15.1. The minimum atomic E-state index is -1.72. The predicted octanol–water partition coefficient (Wildman–Crippen LogP) is 2.07. The Hall–Kier alpha value is -3.64. The fourth-order valence-electron chi connectivity index (χ4n) is 3.92. The molecule has 32 heavy (non-hydrogen) atoms. The number of aromatic carboxylic acids is 1. The van der Waals surface area contributed by atoms with Gasteiger partial charge in [0.1, 0.15) is 28.6 Å². The summed E-state index contributed by atoms with van der Waals surface area (Å²) in [5.74, 6) is -0.865. The van der Waals surface area contributed by atoms with E-state index in [1.807, 2.05) is 5.43 Å². The quantitative estimate of drug-likeness (QED) is 0.272. The maximum Gasteiger partial charge on any atom is 0.341 e. The number of aromatic nitrogens is 1. The number of carbonyl (C=O) groups is 1. The van der Waals surface area contributed by atoms with Gasteiger partial charge < -0.3 is 25.7 Å². The van der Waals surface area contributed by atoms with Gasteiger partial charge in [-0.2, -0.15) is 0 Å². The van der Waals surface area contributed by atoms with Gasteiger partial charge in [0.2, 0.25) is 5.43 Å². The van der Waals surface area contributed by atoms with Crippen molar-refractivity contribution in [3.05, 3.63) is 63.5 Å². The third kappa shape index (κ3) is 3.24. The molecule has 1 saturated heterocycles. The normalized spacial score (nSPS) is 16.1. The molecule has 0 radical (unpaired) electrons. The number of nitrogens with two attached hydrogens (primary N) is 2. The molecule has 1 aliphatic heterocycles. The Morgan fingerprint density at radius 2 is 1.91 bits per heavy atom. The maximum atomic E-state index is 15.8. The molecular weight excluding hydrogens is 434 g/mol. The molecule has 1 unspecified atom stereocenters. The Kier molecular flexibility index (Phi) is 5.26. The Morgan fingerprint density at radius 3 is 2.47 bits per heavy atom. The van der Waals surface area contributed by atoms with Crippen LogP contribution in [0.15, 0.2) is 29.2 Å². The number of halogens is 4. The SMILES string of the molecule is NNc1c(F)c(N2CCC(N)C2)c(F)c2c1c(=O)c(C(=O)O)cn2-c1ccc(F)cc1F. The lowest BCUT2D eigenvalue weighted by molar-refractivity contribution is 0.0695. The molecular formula is C20H17F4N5O3. The molecule has 0 amide bonds. The number of nitrogen functional groups attached to an aromatic ring is 1. The van der Waals surface area contributed by atoms with Gasteiger partial charge in [0, 0.05) is 31.4 Å². The topological polar surface area (TPSA) is 127 Å². The minimum absolute atomic E-state index is 0.103. The lowest BCUT2D eigenvalue weighted by Gasteiger charge is -2.24. The lowest BCUT2D eigenvalue weighted by atomic mass is 10.1. The van der Waals surface area contributed by atoms with Crippen LogP contribution >= 0.6 is 0 Å². The number of hydrogen-bond acceptors (Lipinski definition) is 6. The molecule has 1 aliphatic rings. The van der Waals surface area contributed by atoms with Crippen LogP contribution < -0.4 is 27.3 Å². The standard InChI is InChI=1S/C20H17F4N5O3/c21-8-1-2-12(11(22)5-8)29-7-10(20(31)32)19(30)13-16(27-26)14(23)18(15(24)17(13)29)28-4-3-9(25)6-28/h1-2,5,7,9,27H,3-4,6,25-26H2,(H,31,32). The summed E-state index contributed by atoms with van der Waals surface area (Å²) in [6.07, 6.45) is 1.14. The Balaban J connectivity index is 2.21. The molecule has 2 heterocycles. The predicted molar refractivity (Wildman–Crippen MR) is 109 cm³/mol. The highest BCUT2D eigenvalue weighted by Gasteiger charge is 2.32. The number of hydrogen-bond donors (Lipinski definition) is 4. The van der Waals surface area contributed by atoms with Gasteiger partial charge >= 0.3 is 5.97 Å².